The quantitative estimate of drug-likeness (QED) is 0.280. The molecule has 0 saturated heterocycles. The minimum Gasteiger partial charge on any atom is -0.497 e. The summed E-state index contributed by atoms with van der Waals surface area (Å²) < 4.78 is 10.8. The van der Waals surface area contributed by atoms with Gasteiger partial charge in [0.2, 0.25) is 0 Å². The van der Waals surface area contributed by atoms with Gasteiger partial charge in [0.05, 0.1) is 12.7 Å². The standard InChI is InChI=1S/C28H24O8/c1-35-23-14-12-22(13-15-23)28(34)36-27(21-10-4-19(5-11-21)7-17-25(31)32)26(33)20-8-2-18(3-9-20)6-16-24(29)30/h2-17,26-27,33H,1H3,(H,29,30)(H,31,32). The average Bonchev–Trinajstić information content (AvgIpc) is 2.89. The molecular weight excluding hydrogens is 464 g/mol. The van der Waals surface area contributed by atoms with Crippen LogP contribution in [0.2, 0.25) is 0 Å². The minimum absolute atomic E-state index is 0.267. The van der Waals surface area contributed by atoms with Gasteiger partial charge in [-0.05, 0) is 58.7 Å². The summed E-state index contributed by atoms with van der Waals surface area (Å²) >= 11 is 0. The topological polar surface area (TPSA) is 130 Å². The largest absolute Gasteiger partial charge is 0.497 e. The van der Waals surface area contributed by atoms with E-state index in [0.717, 1.165) is 12.2 Å². The first-order chi connectivity index (χ1) is 17.3. The van der Waals surface area contributed by atoms with Gasteiger partial charge in [0.25, 0.3) is 0 Å². The zero-order chi connectivity index (χ0) is 26.1. The molecule has 3 N–H and O–H groups in total. The van der Waals surface area contributed by atoms with Crippen molar-refractivity contribution in [2.45, 2.75) is 12.2 Å². The van der Waals surface area contributed by atoms with Crippen LogP contribution in [0, 0.1) is 0 Å². The number of esters is 1. The van der Waals surface area contributed by atoms with E-state index in [1.807, 2.05) is 0 Å². The zero-order valence-electron chi connectivity index (χ0n) is 19.3. The number of benzene rings is 3. The fourth-order valence-electron chi connectivity index (χ4n) is 3.34. The van der Waals surface area contributed by atoms with Gasteiger partial charge in [0.15, 0.2) is 6.10 Å². The van der Waals surface area contributed by atoms with Crippen molar-refractivity contribution in [2.24, 2.45) is 0 Å². The van der Waals surface area contributed by atoms with Gasteiger partial charge in [-0.3, -0.25) is 0 Å². The summed E-state index contributed by atoms with van der Waals surface area (Å²) in [4.78, 5) is 34.4. The third kappa shape index (κ3) is 7.15. The summed E-state index contributed by atoms with van der Waals surface area (Å²) in [6, 6.07) is 19.4. The molecule has 0 fully saturated rings. The van der Waals surface area contributed by atoms with E-state index in [1.165, 1.54) is 19.3 Å². The molecule has 0 aliphatic rings. The van der Waals surface area contributed by atoms with Gasteiger partial charge >= 0.3 is 17.9 Å². The van der Waals surface area contributed by atoms with E-state index in [1.54, 1.807) is 72.8 Å². The number of hydrogen-bond donors (Lipinski definition) is 3. The summed E-state index contributed by atoms with van der Waals surface area (Å²) in [5.74, 6) is -2.24. The number of aliphatic carboxylic acids is 2. The van der Waals surface area contributed by atoms with Crippen molar-refractivity contribution >= 4 is 30.1 Å². The van der Waals surface area contributed by atoms with Crippen LogP contribution in [0.4, 0.5) is 0 Å². The molecule has 36 heavy (non-hydrogen) atoms. The lowest BCUT2D eigenvalue weighted by Crippen LogP contribution is -2.19. The van der Waals surface area contributed by atoms with Crippen molar-refractivity contribution in [1.29, 1.82) is 0 Å². The predicted molar refractivity (Wildman–Crippen MR) is 132 cm³/mol. The Hall–Kier alpha value is -4.69. The zero-order valence-corrected chi connectivity index (χ0v) is 19.3. The second-order valence-corrected chi connectivity index (χ2v) is 7.68. The highest BCUT2D eigenvalue weighted by molar-refractivity contribution is 5.90. The number of carbonyl (C=O) groups excluding carboxylic acids is 1. The molecule has 0 bridgehead atoms. The lowest BCUT2D eigenvalue weighted by molar-refractivity contribution is -0.132. The number of aliphatic hydroxyl groups excluding tert-OH is 1. The number of carboxylic acid groups (broad SMARTS) is 2. The molecule has 0 spiro atoms. The Morgan fingerprint density at radius 1 is 0.722 bits per heavy atom. The van der Waals surface area contributed by atoms with Crippen molar-refractivity contribution in [1.82, 2.24) is 0 Å². The Balaban J connectivity index is 1.90. The number of carboxylic acids is 2. The number of hydrogen-bond acceptors (Lipinski definition) is 6. The summed E-state index contributed by atoms with van der Waals surface area (Å²) in [6.07, 6.45) is 2.52. The summed E-state index contributed by atoms with van der Waals surface area (Å²) in [6.45, 7) is 0. The van der Waals surface area contributed by atoms with Crippen molar-refractivity contribution in [3.8, 4) is 5.75 Å². The van der Waals surface area contributed by atoms with E-state index in [4.69, 9.17) is 19.7 Å². The van der Waals surface area contributed by atoms with Crippen molar-refractivity contribution in [3.63, 3.8) is 0 Å². The highest BCUT2D eigenvalue weighted by Gasteiger charge is 2.27. The van der Waals surface area contributed by atoms with Crippen LogP contribution in [0.3, 0.4) is 0 Å². The molecule has 8 nitrogen and oxygen atoms in total. The summed E-state index contributed by atoms with van der Waals surface area (Å²) in [7, 11) is 1.51. The van der Waals surface area contributed by atoms with E-state index in [2.05, 4.69) is 0 Å². The Bertz CT molecular complexity index is 1260. The van der Waals surface area contributed by atoms with Gasteiger partial charge < -0.3 is 24.8 Å². The van der Waals surface area contributed by atoms with Crippen LogP contribution in [0.25, 0.3) is 12.2 Å². The van der Waals surface area contributed by atoms with Gasteiger partial charge in [-0.2, -0.15) is 0 Å². The lowest BCUT2D eigenvalue weighted by Gasteiger charge is -2.24. The monoisotopic (exact) mass is 488 g/mol. The predicted octanol–water partition coefficient (Wildman–Crippen LogP) is 4.52. The maximum Gasteiger partial charge on any atom is 0.338 e. The van der Waals surface area contributed by atoms with E-state index < -0.39 is 30.1 Å². The molecule has 0 radical (unpaired) electrons. The third-order valence-corrected chi connectivity index (χ3v) is 5.23. The first kappa shape index (κ1) is 25.9. The number of ether oxygens (including phenoxy) is 2. The Morgan fingerprint density at radius 2 is 1.19 bits per heavy atom. The Kier molecular flexibility index (Phi) is 8.74. The maximum absolute atomic E-state index is 12.9. The average molecular weight is 488 g/mol. The summed E-state index contributed by atoms with van der Waals surface area (Å²) in [5, 5.41) is 28.8. The fraction of sp³-hybridized carbons (Fsp3) is 0.107. The van der Waals surface area contributed by atoms with Gasteiger partial charge in [0, 0.05) is 12.2 Å². The van der Waals surface area contributed by atoms with Crippen LogP contribution < -0.4 is 4.74 Å². The van der Waals surface area contributed by atoms with Crippen LogP contribution in [-0.2, 0) is 14.3 Å². The van der Waals surface area contributed by atoms with Gasteiger partial charge in [-0.15, -0.1) is 0 Å². The van der Waals surface area contributed by atoms with Gasteiger partial charge in [-0.25, -0.2) is 14.4 Å². The molecular formula is C28H24O8. The SMILES string of the molecule is COc1ccc(C(=O)OC(c2ccc(C=CC(=O)O)cc2)C(O)c2ccc(C=CC(=O)O)cc2)cc1. The van der Waals surface area contributed by atoms with E-state index in [-0.39, 0.29) is 5.56 Å². The number of rotatable bonds is 10. The molecule has 3 rings (SSSR count). The third-order valence-electron chi connectivity index (χ3n) is 5.23. The molecule has 3 aromatic rings. The highest BCUT2D eigenvalue weighted by atomic mass is 16.6. The fourth-order valence-corrected chi connectivity index (χ4v) is 3.34. The normalized spacial score (nSPS) is 12.8. The van der Waals surface area contributed by atoms with Crippen LogP contribution in [0.15, 0.2) is 84.9 Å². The van der Waals surface area contributed by atoms with Crippen LogP contribution >= 0.6 is 0 Å². The van der Waals surface area contributed by atoms with Crippen molar-refractivity contribution in [3.05, 3.63) is 113 Å². The Morgan fingerprint density at radius 3 is 1.64 bits per heavy atom. The smallest absolute Gasteiger partial charge is 0.338 e. The molecule has 0 aliphatic heterocycles. The van der Waals surface area contributed by atoms with Crippen molar-refractivity contribution in [2.75, 3.05) is 7.11 Å². The van der Waals surface area contributed by atoms with Crippen LogP contribution in [0.1, 0.15) is 44.8 Å². The van der Waals surface area contributed by atoms with Crippen LogP contribution in [-0.4, -0.2) is 40.3 Å². The molecule has 0 heterocycles. The number of methoxy groups -OCH3 is 1. The number of carbonyl (C=O) groups is 3. The van der Waals surface area contributed by atoms with E-state index in [9.17, 15) is 19.5 Å². The molecule has 0 aromatic heterocycles. The van der Waals surface area contributed by atoms with Gasteiger partial charge in [0.1, 0.15) is 11.9 Å². The number of aliphatic hydroxyl groups is 1. The van der Waals surface area contributed by atoms with Crippen LogP contribution in [0.5, 0.6) is 5.75 Å². The Labute approximate surface area is 207 Å². The molecule has 184 valence electrons. The molecule has 3 aromatic carbocycles. The van der Waals surface area contributed by atoms with E-state index >= 15 is 0 Å². The van der Waals surface area contributed by atoms with Gasteiger partial charge in [-0.1, -0.05) is 48.5 Å². The first-order valence-electron chi connectivity index (χ1n) is 10.8. The second kappa shape index (κ2) is 12.1. The maximum atomic E-state index is 12.9. The lowest BCUT2D eigenvalue weighted by atomic mass is 9.96. The first-order valence-corrected chi connectivity index (χ1v) is 10.8. The minimum atomic E-state index is -1.25. The van der Waals surface area contributed by atoms with E-state index in [0.29, 0.717) is 28.0 Å². The highest BCUT2D eigenvalue weighted by Crippen LogP contribution is 2.33. The molecule has 2 unspecified atom stereocenters. The summed E-state index contributed by atoms with van der Waals surface area (Å²) in [5.41, 5.74) is 2.44. The molecule has 0 amide bonds. The molecule has 8 heteroatoms. The molecule has 0 aliphatic carbocycles. The molecule has 2 atom stereocenters. The molecule has 0 saturated carbocycles. The van der Waals surface area contributed by atoms with Crippen molar-refractivity contribution < 1.29 is 39.2 Å². The second-order valence-electron chi connectivity index (χ2n) is 7.68.